The summed E-state index contributed by atoms with van der Waals surface area (Å²) in [5, 5.41) is 4.36. The molecule has 0 aliphatic carbocycles. The van der Waals surface area contributed by atoms with E-state index in [1.165, 1.54) is 0 Å². The number of aromatic nitrogens is 4. The van der Waals surface area contributed by atoms with Gasteiger partial charge in [0.25, 0.3) is 0 Å². The van der Waals surface area contributed by atoms with Crippen molar-refractivity contribution in [2.75, 3.05) is 25.4 Å². The lowest BCUT2D eigenvalue weighted by Gasteiger charge is -2.23. The smallest absolute Gasteiger partial charge is 0.240 e. The third kappa shape index (κ3) is 5.27. The lowest BCUT2D eigenvalue weighted by Crippen LogP contribution is -2.40. The number of nitrogen functional groups attached to an aromatic ring is 1. The molecule has 1 saturated heterocycles. The molecule has 3 N–H and O–H groups in total. The minimum atomic E-state index is -3.66. The minimum absolute atomic E-state index is 0. The Balaban J connectivity index is 0.00000324. The molecule has 0 saturated carbocycles. The Kier molecular flexibility index (Phi) is 8.02. The number of benzene rings is 1. The van der Waals surface area contributed by atoms with E-state index in [1.54, 1.807) is 29.1 Å². The Labute approximate surface area is 208 Å². The summed E-state index contributed by atoms with van der Waals surface area (Å²) in [7, 11) is -1.83. The Bertz CT molecular complexity index is 1270. The van der Waals surface area contributed by atoms with Crippen molar-refractivity contribution >= 4 is 29.3 Å². The van der Waals surface area contributed by atoms with Gasteiger partial charge in [0.15, 0.2) is 0 Å². The van der Waals surface area contributed by atoms with Crippen LogP contribution in [0.4, 0.5) is 5.82 Å². The predicted molar refractivity (Wildman–Crippen MR) is 139 cm³/mol. The number of nitrogens with zero attached hydrogens (tertiary/aromatic N) is 5. The van der Waals surface area contributed by atoms with Crippen LogP contribution < -0.4 is 10.5 Å². The van der Waals surface area contributed by atoms with Gasteiger partial charge in [0.2, 0.25) is 10.0 Å². The first-order valence-corrected chi connectivity index (χ1v) is 12.7. The molecular formula is C23H33N7O2S2. The van der Waals surface area contributed by atoms with Crippen LogP contribution in [0.25, 0.3) is 22.5 Å². The van der Waals surface area contributed by atoms with Crippen molar-refractivity contribution in [1.82, 2.24) is 29.4 Å². The quantitative estimate of drug-likeness (QED) is 0.509. The van der Waals surface area contributed by atoms with E-state index in [-0.39, 0.29) is 24.4 Å². The normalized spacial score (nSPS) is 16.5. The summed E-state index contributed by atoms with van der Waals surface area (Å²) >= 11 is 0. The predicted octanol–water partition coefficient (Wildman–Crippen LogP) is 2.62. The van der Waals surface area contributed by atoms with Gasteiger partial charge in [-0.15, -0.1) is 0 Å². The van der Waals surface area contributed by atoms with Crippen LogP contribution in [0.2, 0.25) is 0 Å². The standard InChI is InChI=1S/C23H31N7O2S.H2S/c1-5-30-10-6-7-17(30)12-26-33(31,32)18-9-8-15(2)19(11-18)21-13-25-23(24)22(27-21)20-14-29(4)28-16(20)3;/h8-9,11,13-14,17,26H,5-7,10,12H2,1-4H3,(H2,24,25);1H2/t17-;/m0./s1. The molecule has 2 aromatic heterocycles. The van der Waals surface area contributed by atoms with Gasteiger partial charge in [-0.3, -0.25) is 9.58 Å². The number of likely N-dealkylation sites (tertiary alicyclic amines) is 1. The summed E-state index contributed by atoms with van der Waals surface area (Å²) < 4.78 is 30.6. The molecule has 4 rings (SSSR count). The van der Waals surface area contributed by atoms with Crippen molar-refractivity contribution in [3.8, 4) is 22.5 Å². The molecule has 1 atom stereocenters. The third-order valence-corrected chi connectivity index (χ3v) is 7.70. The molecule has 9 nitrogen and oxygen atoms in total. The van der Waals surface area contributed by atoms with E-state index < -0.39 is 10.0 Å². The van der Waals surface area contributed by atoms with Crippen LogP contribution in [0.1, 0.15) is 31.0 Å². The van der Waals surface area contributed by atoms with Gasteiger partial charge in [-0.2, -0.15) is 18.6 Å². The third-order valence-electron chi connectivity index (χ3n) is 6.28. The van der Waals surface area contributed by atoms with Gasteiger partial charge in [-0.1, -0.05) is 13.0 Å². The lowest BCUT2D eigenvalue weighted by atomic mass is 10.1. The maximum Gasteiger partial charge on any atom is 0.240 e. The van der Waals surface area contributed by atoms with Gasteiger partial charge < -0.3 is 5.73 Å². The number of nitrogens with two attached hydrogens (primary N) is 1. The molecule has 3 heterocycles. The maximum atomic E-state index is 13.1. The highest BCUT2D eigenvalue weighted by molar-refractivity contribution is 7.89. The first kappa shape index (κ1) is 26.1. The second-order valence-corrected chi connectivity index (χ2v) is 10.3. The maximum absolute atomic E-state index is 13.1. The van der Waals surface area contributed by atoms with E-state index in [0.717, 1.165) is 42.8 Å². The summed E-state index contributed by atoms with van der Waals surface area (Å²) in [6.45, 7) is 8.27. The van der Waals surface area contributed by atoms with E-state index in [2.05, 4.69) is 26.6 Å². The van der Waals surface area contributed by atoms with E-state index in [1.807, 2.05) is 27.1 Å². The molecule has 1 aliphatic rings. The molecule has 184 valence electrons. The van der Waals surface area contributed by atoms with Gasteiger partial charge in [0.1, 0.15) is 11.5 Å². The van der Waals surface area contributed by atoms with Gasteiger partial charge >= 0.3 is 0 Å². The fourth-order valence-electron chi connectivity index (χ4n) is 4.43. The molecule has 0 bridgehead atoms. The highest BCUT2D eigenvalue weighted by atomic mass is 32.2. The minimum Gasteiger partial charge on any atom is -0.382 e. The number of hydrogen-bond donors (Lipinski definition) is 2. The summed E-state index contributed by atoms with van der Waals surface area (Å²) in [6, 6.07) is 5.32. The summed E-state index contributed by atoms with van der Waals surface area (Å²) in [5.41, 5.74) is 10.4. The Morgan fingerprint density at radius 2 is 2.00 bits per heavy atom. The summed E-state index contributed by atoms with van der Waals surface area (Å²) in [6.07, 6.45) is 5.53. The highest BCUT2D eigenvalue weighted by Crippen LogP contribution is 2.30. The fraction of sp³-hybridized carbons (Fsp3) is 0.435. The molecule has 0 spiro atoms. The largest absolute Gasteiger partial charge is 0.382 e. The Morgan fingerprint density at radius 3 is 2.68 bits per heavy atom. The van der Waals surface area contributed by atoms with Crippen LogP contribution in [-0.2, 0) is 17.1 Å². The zero-order chi connectivity index (χ0) is 23.8. The Morgan fingerprint density at radius 1 is 1.24 bits per heavy atom. The van der Waals surface area contributed by atoms with Gasteiger partial charge in [-0.25, -0.2) is 23.1 Å². The van der Waals surface area contributed by atoms with Crippen molar-refractivity contribution in [2.24, 2.45) is 7.05 Å². The number of anilines is 1. The monoisotopic (exact) mass is 503 g/mol. The van der Waals surface area contributed by atoms with Crippen molar-refractivity contribution < 1.29 is 8.42 Å². The highest BCUT2D eigenvalue weighted by Gasteiger charge is 2.25. The zero-order valence-corrected chi connectivity index (χ0v) is 21.9. The van der Waals surface area contributed by atoms with Crippen LogP contribution in [0, 0.1) is 13.8 Å². The molecule has 3 aromatic rings. The zero-order valence-electron chi connectivity index (χ0n) is 20.0. The second kappa shape index (κ2) is 10.4. The molecule has 0 unspecified atom stereocenters. The summed E-state index contributed by atoms with van der Waals surface area (Å²) in [5.74, 6) is 0.301. The fourth-order valence-corrected chi connectivity index (χ4v) is 5.53. The summed E-state index contributed by atoms with van der Waals surface area (Å²) in [4.78, 5) is 11.6. The van der Waals surface area contributed by atoms with Gasteiger partial charge in [-0.05, 0) is 57.5 Å². The first-order valence-electron chi connectivity index (χ1n) is 11.2. The SMILES string of the molecule is CCN1CCC[C@H]1CNS(=O)(=O)c1ccc(C)c(-c2cnc(N)c(-c3cn(C)nc3C)n2)c1.S. The molecule has 0 amide bonds. The number of nitrogens with one attached hydrogen (secondary N) is 1. The van der Waals surface area contributed by atoms with Crippen LogP contribution >= 0.6 is 13.5 Å². The Hall–Kier alpha value is -2.47. The number of hydrogen-bond acceptors (Lipinski definition) is 7. The van der Waals surface area contributed by atoms with Crippen LogP contribution in [0.15, 0.2) is 35.5 Å². The first-order chi connectivity index (χ1) is 15.7. The molecule has 1 aliphatic heterocycles. The molecule has 1 aromatic carbocycles. The van der Waals surface area contributed by atoms with Crippen molar-refractivity contribution in [2.45, 2.75) is 44.6 Å². The van der Waals surface area contributed by atoms with E-state index in [0.29, 0.717) is 29.3 Å². The number of aryl methyl sites for hydroxylation is 3. The average molecular weight is 504 g/mol. The van der Waals surface area contributed by atoms with Crippen molar-refractivity contribution in [3.63, 3.8) is 0 Å². The molecule has 1 fully saturated rings. The van der Waals surface area contributed by atoms with Crippen LogP contribution in [0.3, 0.4) is 0 Å². The second-order valence-electron chi connectivity index (χ2n) is 8.54. The molecular weight excluding hydrogens is 470 g/mol. The van der Waals surface area contributed by atoms with E-state index in [9.17, 15) is 8.42 Å². The number of likely N-dealkylation sites (N-methyl/N-ethyl adjacent to an activating group) is 1. The lowest BCUT2D eigenvalue weighted by molar-refractivity contribution is 0.268. The van der Waals surface area contributed by atoms with Gasteiger partial charge in [0, 0.05) is 37.0 Å². The topological polar surface area (TPSA) is 119 Å². The van der Waals surface area contributed by atoms with Crippen molar-refractivity contribution in [3.05, 3.63) is 41.9 Å². The van der Waals surface area contributed by atoms with E-state index >= 15 is 0 Å². The molecule has 11 heteroatoms. The average Bonchev–Trinajstić information content (AvgIpc) is 3.38. The number of sulfonamides is 1. The van der Waals surface area contributed by atoms with Crippen LogP contribution in [-0.4, -0.2) is 58.7 Å². The van der Waals surface area contributed by atoms with Gasteiger partial charge in [0.05, 0.1) is 22.5 Å². The van der Waals surface area contributed by atoms with Crippen molar-refractivity contribution in [1.29, 1.82) is 0 Å². The molecule has 0 radical (unpaired) electrons. The van der Waals surface area contributed by atoms with Crippen LogP contribution in [0.5, 0.6) is 0 Å². The molecule has 34 heavy (non-hydrogen) atoms. The van der Waals surface area contributed by atoms with E-state index in [4.69, 9.17) is 10.7 Å². The number of rotatable bonds is 7.